The molecule has 4 N–H and O–H groups in total. The molecule has 2 saturated carbocycles. The van der Waals surface area contributed by atoms with E-state index in [0.717, 1.165) is 51.4 Å². The van der Waals surface area contributed by atoms with Gasteiger partial charge < -0.3 is 10.6 Å². The SMILES string of the molecule is C/C(=N/NC(=O)C(=O)N/N=C(/C)c1cccc(NC(=O)C2CCCCC2)c1)c1cccc(NC(=O)C2CCCCC2)c1. The highest BCUT2D eigenvalue weighted by molar-refractivity contribution is 6.35. The number of benzene rings is 2. The molecule has 42 heavy (non-hydrogen) atoms. The van der Waals surface area contributed by atoms with Crippen molar-refractivity contribution in [3.63, 3.8) is 0 Å². The van der Waals surface area contributed by atoms with Crippen molar-refractivity contribution >= 4 is 46.4 Å². The fourth-order valence-electron chi connectivity index (χ4n) is 5.36. The monoisotopic (exact) mass is 572 g/mol. The first-order chi connectivity index (χ1) is 20.3. The molecule has 0 spiro atoms. The third kappa shape index (κ3) is 8.83. The summed E-state index contributed by atoms with van der Waals surface area (Å²) in [5, 5.41) is 14.0. The minimum Gasteiger partial charge on any atom is -0.326 e. The summed E-state index contributed by atoms with van der Waals surface area (Å²) in [6.45, 7) is 3.39. The Labute approximate surface area is 246 Å². The predicted molar refractivity (Wildman–Crippen MR) is 164 cm³/mol. The zero-order chi connectivity index (χ0) is 29.9. The molecular weight excluding hydrogens is 532 g/mol. The van der Waals surface area contributed by atoms with Gasteiger partial charge in [-0.1, -0.05) is 62.8 Å². The molecule has 2 aliphatic rings. The predicted octanol–water partition coefficient (Wildman–Crippen LogP) is 5.10. The van der Waals surface area contributed by atoms with Crippen molar-refractivity contribution in [2.45, 2.75) is 78.1 Å². The van der Waals surface area contributed by atoms with Crippen LogP contribution >= 0.6 is 0 Å². The molecule has 0 atom stereocenters. The topological polar surface area (TPSA) is 141 Å². The third-order valence-electron chi connectivity index (χ3n) is 7.90. The van der Waals surface area contributed by atoms with Crippen LogP contribution in [0.3, 0.4) is 0 Å². The van der Waals surface area contributed by atoms with Crippen molar-refractivity contribution in [1.29, 1.82) is 0 Å². The highest BCUT2D eigenvalue weighted by atomic mass is 16.2. The fourth-order valence-corrected chi connectivity index (χ4v) is 5.36. The standard InChI is InChI=1S/C32H40N6O4/c1-21(25-15-9-17-27(19-25)33-29(39)23-11-5-3-6-12-23)35-37-31(41)32(42)38-36-22(2)26-16-10-18-28(20-26)34-30(40)24-13-7-4-8-14-24/h9-10,15-20,23-24H,3-8,11-14H2,1-2H3,(H,33,39)(H,34,40)(H,37,41)(H,38,42)/b35-21-,36-22-. The Hall–Kier alpha value is -4.34. The van der Waals surface area contributed by atoms with E-state index in [-0.39, 0.29) is 23.7 Å². The number of hydrogen-bond donors (Lipinski definition) is 4. The Bertz CT molecular complexity index is 1250. The number of rotatable bonds is 8. The van der Waals surface area contributed by atoms with Crippen LogP contribution in [-0.4, -0.2) is 35.1 Å². The lowest BCUT2D eigenvalue weighted by molar-refractivity contribution is -0.139. The van der Waals surface area contributed by atoms with Gasteiger partial charge in [0, 0.05) is 23.2 Å². The molecule has 0 heterocycles. The van der Waals surface area contributed by atoms with Gasteiger partial charge in [0.25, 0.3) is 0 Å². The molecule has 0 radical (unpaired) electrons. The van der Waals surface area contributed by atoms with Crippen LogP contribution < -0.4 is 21.5 Å². The molecular formula is C32H40N6O4. The molecule has 222 valence electrons. The Kier molecular flexibility index (Phi) is 11.0. The highest BCUT2D eigenvalue weighted by Crippen LogP contribution is 2.26. The van der Waals surface area contributed by atoms with E-state index in [0.29, 0.717) is 33.9 Å². The molecule has 10 heteroatoms. The molecule has 2 aliphatic carbocycles. The molecule has 0 aromatic heterocycles. The van der Waals surface area contributed by atoms with Crippen molar-refractivity contribution in [1.82, 2.24) is 10.9 Å². The number of carbonyl (C=O) groups excluding carboxylic acids is 4. The Morgan fingerprint density at radius 2 is 0.976 bits per heavy atom. The number of carbonyl (C=O) groups is 4. The summed E-state index contributed by atoms with van der Waals surface area (Å²) >= 11 is 0. The maximum Gasteiger partial charge on any atom is 0.331 e. The van der Waals surface area contributed by atoms with Gasteiger partial charge >= 0.3 is 11.8 Å². The van der Waals surface area contributed by atoms with Crippen LogP contribution in [0.5, 0.6) is 0 Å². The number of nitrogens with zero attached hydrogens (tertiary/aromatic N) is 2. The lowest BCUT2D eigenvalue weighted by Crippen LogP contribution is -2.36. The molecule has 0 bridgehead atoms. The Morgan fingerprint density at radius 3 is 1.36 bits per heavy atom. The summed E-state index contributed by atoms with van der Waals surface area (Å²) in [6.07, 6.45) is 10.3. The molecule has 10 nitrogen and oxygen atoms in total. The van der Waals surface area contributed by atoms with Gasteiger partial charge in [-0.3, -0.25) is 19.2 Å². The van der Waals surface area contributed by atoms with Crippen molar-refractivity contribution in [3.8, 4) is 0 Å². The van der Waals surface area contributed by atoms with E-state index in [4.69, 9.17) is 0 Å². The molecule has 4 rings (SSSR count). The van der Waals surface area contributed by atoms with E-state index in [1.54, 1.807) is 50.2 Å². The maximum atomic E-state index is 12.6. The second kappa shape index (κ2) is 15.0. The van der Waals surface area contributed by atoms with E-state index < -0.39 is 11.8 Å². The van der Waals surface area contributed by atoms with E-state index in [1.165, 1.54) is 12.8 Å². The van der Waals surface area contributed by atoms with E-state index >= 15 is 0 Å². The average molecular weight is 573 g/mol. The minimum atomic E-state index is -0.971. The van der Waals surface area contributed by atoms with Gasteiger partial charge in [0.15, 0.2) is 0 Å². The molecule has 2 aromatic rings. The first kappa shape index (κ1) is 30.6. The summed E-state index contributed by atoms with van der Waals surface area (Å²) in [7, 11) is 0. The molecule has 2 aromatic carbocycles. The molecule has 4 amide bonds. The summed E-state index contributed by atoms with van der Waals surface area (Å²) in [6, 6.07) is 14.4. The molecule has 0 unspecified atom stereocenters. The van der Waals surface area contributed by atoms with Crippen molar-refractivity contribution in [2.75, 3.05) is 10.6 Å². The first-order valence-corrected chi connectivity index (χ1v) is 14.8. The number of amides is 4. The van der Waals surface area contributed by atoms with Gasteiger partial charge in [-0.25, -0.2) is 10.9 Å². The van der Waals surface area contributed by atoms with Crippen LogP contribution in [0, 0.1) is 11.8 Å². The number of anilines is 2. The summed E-state index contributed by atoms with van der Waals surface area (Å²) < 4.78 is 0. The van der Waals surface area contributed by atoms with Gasteiger partial charge in [-0.05, 0) is 74.9 Å². The van der Waals surface area contributed by atoms with Crippen LogP contribution in [-0.2, 0) is 19.2 Å². The smallest absolute Gasteiger partial charge is 0.326 e. The summed E-state index contributed by atoms with van der Waals surface area (Å²) in [5.41, 5.74) is 8.14. The minimum absolute atomic E-state index is 0.0261. The Balaban J connectivity index is 1.28. The van der Waals surface area contributed by atoms with Crippen molar-refractivity contribution in [3.05, 3.63) is 59.7 Å². The lowest BCUT2D eigenvalue weighted by atomic mass is 9.88. The van der Waals surface area contributed by atoms with E-state index in [2.05, 4.69) is 31.7 Å². The number of hydrogen-bond acceptors (Lipinski definition) is 6. The van der Waals surface area contributed by atoms with Crippen LogP contribution in [0.15, 0.2) is 58.7 Å². The normalized spacial score (nSPS) is 16.8. The van der Waals surface area contributed by atoms with Gasteiger partial charge in [-0.2, -0.15) is 10.2 Å². The van der Waals surface area contributed by atoms with Crippen molar-refractivity contribution in [2.24, 2.45) is 22.0 Å². The third-order valence-corrected chi connectivity index (χ3v) is 7.90. The van der Waals surface area contributed by atoms with Crippen molar-refractivity contribution < 1.29 is 19.2 Å². The van der Waals surface area contributed by atoms with Gasteiger partial charge in [0.05, 0.1) is 11.4 Å². The molecule has 2 fully saturated rings. The number of nitrogens with one attached hydrogen (secondary N) is 4. The maximum absolute atomic E-state index is 12.6. The van der Waals surface area contributed by atoms with E-state index in [9.17, 15) is 19.2 Å². The quantitative estimate of drug-likeness (QED) is 0.198. The lowest BCUT2D eigenvalue weighted by Gasteiger charge is -2.20. The van der Waals surface area contributed by atoms with Crippen LogP contribution in [0.25, 0.3) is 0 Å². The van der Waals surface area contributed by atoms with Crippen LogP contribution in [0.1, 0.15) is 89.2 Å². The second-order valence-electron chi connectivity index (χ2n) is 11.1. The zero-order valence-electron chi connectivity index (χ0n) is 24.4. The summed E-state index contributed by atoms with van der Waals surface area (Å²) in [5.74, 6) is -1.81. The largest absolute Gasteiger partial charge is 0.331 e. The highest BCUT2D eigenvalue weighted by Gasteiger charge is 2.22. The van der Waals surface area contributed by atoms with Crippen LogP contribution in [0.2, 0.25) is 0 Å². The fraction of sp³-hybridized carbons (Fsp3) is 0.438. The zero-order valence-corrected chi connectivity index (χ0v) is 24.4. The van der Waals surface area contributed by atoms with Gasteiger partial charge in [0.2, 0.25) is 11.8 Å². The number of hydrazone groups is 2. The summed E-state index contributed by atoms with van der Waals surface area (Å²) in [4.78, 5) is 49.8. The molecule has 0 saturated heterocycles. The Morgan fingerprint density at radius 1 is 0.595 bits per heavy atom. The second-order valence-corrected chi connectivity index (χ2v) is 11.1. The van der Waals surface area contributed by atoms with Gasteiger partial charge in [-0.15, -0.1) is 0 Å². The van der Waals surface area contributed by atoms with Crippen LogP contribution in [0.4, 0.5) is 11.4 Å². The average Bonchev–Trinajstić information content (AvgIpc) is 3.03. The van der Waals surface area contributed by atoms with Gasteiger partial charge in [0.1, 0.15) is 0 Å². The molecule has 0 aliphatic heterocycles. The van der Waals surface area contributed by atoms with E-state index in [1.807, 2.05) is 12.1 Å². The first-order valence-electron chi connectivity index (χ1n) is 14.8.